The highest BCUT2D eigenvalue weighted by Gasteiger charge is 2.27. The Labute approximate surface area is 205 Å². The van der Waals surface area contributed by atoms with E-state index in [9.17, 15) is 13.2 Å². The SMILES string of the molecule is CSc1ccc(S(=O)(=O)N(CC(=O)N/N=C\c2ccc(N(C)C)cc2)c2ccc(C)cc2)cc1. The Morgan fingerprint density at radius 3 is 2.09 bits per heavy atom. The zero-order valence-corrected chi connectivity index (χ0v) is 21.2. The van der Waals surface area contributed by atoms with E-state index in [4.69, 9.17) is 0 Å². The molecule has 3 aromatic rings. The maximum atomic E-state index is 13.4. The summed E-state index contributed by atoms with van der Waals surface area (Å²) in [6, 6.07) is 21.2. The quantitative estimate of drug-likeness (QED) is 0.274. The van der Waals surface area contributed by atoms with Crippen molar-refractivity contribution in [2.45, 2.75) is 16.7 Å². The Morgan fingerprint density at radius 1 is 0.941 bits per heavy atom. The van der Waals surface area contributed by atoms with Crippen molar-refractivity contribution in [2.75, 3.05) is 36.1 Å². The molecule has 0 aliphatic rings. The molecule has 0 aliphatic heterocycles. The minimum Gasteiger partial charge on any atom is -0.378 e. The topological polar surface area (TPSA) is 82.1 Å². The van der Waals surface area contributed by atoms with Gasteiger partial charge in [-0.15, -0.1) is 11.8 Å². The molecule has 0 spiro atoms. The van der Waals surface area contributed by atoms with E-state index in [0.717, 1.165) is 26.0 Å². The second-order valence-corrected chi connectivity index (χ2v) is 10.5. The minimum atomic E-state index is -3.97. The Balaban J connectivity index is 1.79. The van der Waals surface area contributed by atoms with E-state index in [1.807, 2.05) is 68.6 Å². The predicted molar refractivity (Wildman–Crippen MR) is 140 cm³/mol. The predicted octanol–water partition coefficient (Wildman–Crippen LogP) is 4.13. The number of carbonyl (C=O) groups is 1. The molecule has 0 radical (unpaired) electrons. The van der Waals surface area contributed by atoms with Crippen molar-refractivity contribution >= 4 is 45.3 Å². The lowest BCUT2D eigenvalue weighted by Gasteiger charge is -2.24. The number of nitrogens with one attached hydrogen (secondary N) is 1. The van der Waals surface area contributed by atoms with Crippen LogP contribution in [0.15, 0.2) is 87.7 Å². The standard InChI is InChI=1S/C25H28N4O3S2/c1-19-5-9-22(10-6-19)29(34(31,32)24-15-13-23(33-4)14-16-24)18-25(30)27-26-17-20-7-11-21(12-8-20)28(2)3/h5-17H,18H2,1-4H3,(H,27,30)/b26-17-. The molecule has 0 bridgehead atoms. The highest BCUT2D eigenvalue weighted by Crippen LogP contribution is 2.25. The molecule has 0 fully saturated rings. The first-order valence-electron chi connectivity index (χ1n) is 10.5. The van der Waals surface area contributed by atoms with E-state index in [1.54, 1.807) is 36.4 Å². The lowest BCUT2D eigenvalue weighted by atomic mass is 10.2. The molecule has 1 N–H and O–H groups in total. The summed E-state index contributed by atoms with van der Waals surface area (Å²) < 4.78 is 28.0. The number of hydrogen-bond acceptors (Lipinski definition) is 6. The van der Waals surface area contributed by atoms with Crippen LogP contribution in [0.1, 0.15) is 11.1 Å². The van der Waals surface area contributed by atoms with Gasteiger partial charge in [0.1, 0.15) is 6.54 Å². The summed E-state index contributed by atoms with van der Waals surface area (Å²) in [6.45, 7) is 1.50. The fourth-order valence-electron chi connectivity index (χ4n) is 3.10. The molecule has 7 nitrogen and oxygen atoms in total. The molecule has 9 heteroatoms. The van der Waals surface area contributed by atoms with Crippen LogP contribution in [-0.2, 0) is 14.8 Å². The fraction of sp³-hybridized carbons (Fsp3) is 0.200. The number of aryl methyl sites for hydroxylation is 1. The molecule has 178 valence electrons. The maximum absolute atomic E-state index is 13.4. The van der Waals surface area contributed by atoms with Gasteiger partial charge >= 0.3 is 0 Å². The Hall–Kier alpha value is -3.30. The van der Waals surface area contributed by atoms with Crippen molar-refractivity contribution in [2.24, 2.45) is 5.10 Å². The van der Waals surface area contributed by atoms with Gasteiger partial charge in [-0.1, -0.05) is 29.8 Å². The van der Waals surface area contributed by atoms with Crippen LogP contribution in [0, 0.1) is 6.92 Å². The van der Waals surface area contributed by atoms with Crippen LogP contribution >= 0.6 is 11.8 Å². The molecule has 3 aromatic carbocycles. The summed E-state index contributed by atoms with van der Waals surface area (Å²) in [5.74, 6) is -0.550. The summed E-state index contributed by atoms with van der Waals surface area (Å²) in [4.78, 5) is 15.7. The zero-order valence-electron chi connectivity index (χ0n) is 19.6. The van der Waals surface area contributed by atoms with Crippen molar-refractivity contribution in [3.05, 3.63) is 83.9 Å². The van der Waals surface area contributed by atoms with Crippen LogP contribution < -0.4 is 14.6 Å². The highest BCUT2D eigenvalue weighted by molar-refractivity contribution is 7.98. The summed E-state index contributed by atoms with van der Waals surface area (Å²) in [5.41, 5.74) is 5.67. The number of nitrogens with zero attached hydrogens (tertiary/aromatic N) is 3. The number of rotatable bonds is 9. The second-order valence-electron chi connectivity index (χ2n) is 7.80. The first kappa shape index (κ1) is 25.3. The Morgan fingerprint density at radius 2 is 1.53 bits per heavy atom. The van der Waals surface area contributed by atoms with Gasteiger partial charge in [0.25, 0.3) is 15.9 Å². The van der Waals surface area contributed by atoms with Crippen LogP contribution in [0.5, 0.6) is 0 Å². The number of hydrogen-bond donors (Lipinski definition) is 1. The van der Waals surface area contributed by atoms with Crippen LogP contribution in [0.4, 0.5) is 11.4 Å². The number of amides is 1. The van der Waals surface area contributed by atoms with Gasteiger partial charge < -0.3 is 4.90 Å². The van der Waals surface area contributed by atoms with Gasteiger partial charge in [0.2, 0.25) is 0 Å². The summed E-state index contributed by atoms with van der Waals surface area (Å²) in [7, 11) is -0.0651. The van der Waals surface area contributed by atoms with Crippen LogP contribution in [0.3, 0.4) is 0 Å². The van der Waals surface area contributed by atoms with Crippen molar-refractivity contribution in [3.8, 4) is 0 Å². The highest BCUT2D eigenvalue weighted by atomic mass is 32.2. The molecular formula is C25H28N4O3S2. The molecule has 3 rings (SSSR count). The molecule has 0 aliphatic carbocycles. The normalized spacial score (nSPS) is 11.4. The van der Waals surface area contributed by atoms with Crippen molar-refractivity contribution in [1.29, 1.82) is 0 Å². The zero-order chi connectivity index (χ0) is 24.7. The largest absolute Gasteiger partial charge is 0.378 e. The number of carbonyl (C=O) groups excluding carboxylic acids is 1. The molecule has 0 saturated carbocycles. The third kappa shape index (κ3) is 6.39. The monoisotopic (exact) mass is 496 g/mol. The van der Waals surface area contributed by atoms with Crippen molar-refractivity contribution < 1.29 is 13.2 Å². The van der Waals surface area contributed by atoms with Crippen molar-refractivity contribution in [3.63, 3.8) is 0 Å². The summed E-state index contributed by atoms with van der Waals surface area (Å²) in [6.07, 6.45) is 3.44. The number of hydrazone groups is 1. The minimum absolute atomic E-state index is 0.114. The second kappa shape index (κ2) is 11.2. The molecule has 34 heavy (non-hydrogen) atoms. The maximum Gasteiger partial charge on any atom is 0.264 e. The summed E-state index contributed by atoms with van der Waals surface area (Å²) in [5, 5.41) is 3.99. The number of sulfonamides is 1. The summed E-state index contributed by atoms with van der Waals surface area (Å²) >= 11 is 1.52. The smallest absolute Gasteiger partial charge is 0.264 e. The van der Waals surface area contributed by atoms with Crippen LogP contribution in [0.25, 0.3) is 0 Å². The van der Waals surface area contributed by atoms with E-state index >= 15 is 0 Å². The van der Waals surface area contributed by atoms with Gasteiger partial charge in [-0.25, -0.2) is 13.8 Å². The Bertz CT molecular complexity index is 1240. The third-order valence-electron chi connectivity index (χ3n) is 5.07. The molecule has 0 unspecified atom stereocenters. The van der Waals surface area contributed by atoms with Gasteiger partial charge in [-0.05, 0) is 67.3 Å². The number of anilines is 2. The first-order valence-corrected chi connectivity index (χ1v) is 13.2. The van der Waals surface area contributed by atoms with Crippen molar-refractivity contribution in [1.82, 2.24) is 5.43 Å². The lowest BCUT2D eigenvalue weighted by Crippen LogP contribution is -2.39. The van der Waals surface area contributed by atoms with E-state index < -0.39 is 22.5 Å². The fourth-order valence-corrected chi connectivity index (χ4v) is 4.93. The Kier molecular flexibility index (Phi) is 8.36. The van der Waals surface area contributed by atoms with Gasteiger partial charge in [0.15, 0.2) is 0 Å². The molecule has 0 aromatic heterocycles. The van der Waals surface area contributed by atoms with Crippen LogP contribution in [-0.4, -0.2) is 47.4 Å². The molecular weight excluding hydrogens is 468 g/mol. The number of benzene rings is 3. The van der Waals surface area contributed by atoms with Gasteiger partial charge in [0.05, 0.1) is 16.8 Å². The van der Waals surface area contributed by atoms with Gasteiger partial charge in [0, 0.05) is 24.7 Å². The lowest BCUT2D eigenvalue weighted by molar-refractivity contribution is -0.119. The average Bonchev–Trinajstić information content (AvgIpc) is 2.83. The van der Waals surface area contributed by atoms with Gasteiger partial charge in [-0.3, -0.25) is 9.10 Å². The molecule has 1 amide bonds. The van der Waals surface area contributed by atoms with E-state index in [1.165, 1.54) is 18.0 Å². The van der Waals surface area contributed by atoms with Crippen LogP contribution in [0.2, 0.25) is 0 Å². The first-order chi connectivity index (χ1) is 16.2. The van der Waals surface area contributed by atoms with E-state index in [0.29, 0.717) is 5.69 Å². The molecule has 0 saturated heterocycles. The third-order valence-corrected chi connectivity index (χ3v) is 7.60. The molecule has 0 atom stereocenters. The van der Waals surface area contributed by atoms with E-state index in [2.05, 4.69) is 10.5 Å². The number of thioether (sulfide) groups is 1. The molecule has 0 heterocycles. The van der Waals surface area contributed by atoms with Gasteiger partial charge in [-0.2, -0.15) is 5.10 Å². The van der Waals surface area contributed by atoms with E-state index in [-0.39, 0.29) is 4.90 Å². The average molecular weight is 497 g/mol.